The van der Waals surface area contributed by atoms with Crippen molar-refractivity contribution in [3.63, 3.8) is 0 Å². The third-order valence-electron chi connectivity index (χ3n) is 6.04. The topological polar surface area (TPSA) is 42.2 Å². The summed E-state index contributed by atoms with van der Waals surface area (Å²) in [5, 5.41) is 8.83. The van der Waals surface area contributed by atoms with Gasteiger partial charge >= 0.3 is 0 Å². The van der Waals surface area contributed by atoms with Crippen molar-refractivity contribution in [1.29, 1.82) is 5.26 Å². The quantitative estimate of drug-likeness (QED) is 0.574. The maximum atomic E-state index is 8.83. The third-order valence-corrected chi connectivity index (χ3v) is 6.04. The zero-order valence-corrected chi connectivity index (χ0v) is 16.2. The summed E-state index contributed by atoms with van der Waals surface area (Å²) < 4.78 is 12.1. The highest BCUT2D eigenvalue weighted by Crippen LogP contribution is 2.37. The molecule has 3 atom stereocenters. The minimum atomic E-state index is -0.168. The molecule has 1 aromatic carbocycles. The van der Waals surface area contributed by atoms with Gasteiger partial charge in [-0.1, -0.05) is 24.8 Å². The van der Waals surface area contributed by atoms with Crippen LogP contribution in [-0.4, -0.2) is 25.4 Å². The van der Waals surface area contributed by atoms with E-state index in [0.717, 1.165) is 11.5 Å². The van der Waals surface area contributed by atoms with Gasteiger partial charge in [0.05, 0.1) is 31.0 Å². The van der Waals surface area contributed by atoms with Gasteiger partial charge in [0.2, 0.25) is 0 Å². The summed E-state index contributed by atoms with van der Waals surface area (Å²) in [7, 11) is 0. The second kappa shape index (κ2) is 9.75. The van der Waals surface area contributed by atoms with E-state index in [0.29, 0.717) is 30.6 Å². The molecular weight excluding hydrogens is 334 g/mol. The Bertz CT molecular complexity index is 705. The molecule has 0 aromatic heterocycles. The summed E-state index contributed by atoms with van der Waals surface area (Å²) in [6.07, 6.45) is 8.38. The summed E-state index contributed by atoms with van der Waals surface area (Å²) in [6.45, 7) is 7.44. The maximum absolute atomic E-state index is 8.83. The summed E-state index contributed by atoms with van der Waals surface area (Å²) in [5.74, 6) is 8.32. The van der Waals surface area contributed by atoms with Crippen LogP contribution in [-0.2, 0) is 9.47 Å². The Hall–Kier alpha value is -2.07. The average Bonchev–Trinajstić information content (AvgIpc) is 2.74. The first-order chi connectivity index (χ1) is 13.2. The Morgan fingerprint density at radius 1 is 1.11 bits per heavy atom. The second-order valence-electron chi connectivity index (χ2n) is 7.63. The van der Waals surface area contributed by atoms with Crippen molar-refractivity contribution >= 4 is 0 Å². The lowest BCUT2D eigenvalue weighted by Crippen LogP contribution is -2.41. The number of nitrogens with zero attached hydrogens (tertiary/aromatic N) is 1. The minimum Gasteiger partial charge on any atom is -0.372 e. The highest BCUT2D eigenvalue weighted by atomic mass is 16.6. The molecule has 0 amide bonds. The lowest BCUT2D eigenvalue weighted by Gasteiger charge is -2.38. The van der Waals surface area contributed by atoms with Crippen LogP contribution in [0.1, 0.15) is 50.2 Å². The predicted molar refractivity (Wildman–Crippen MR) is 107 cm³/mol. The van der Waals surface area contributed by atoms with Crippen LogP contribution in [0.2, 0.25) is 0 Å². The van der Waals surface area contributed by atoms with Crippen molar-refractivity contribution < 1.29 is 9.47 Å². The highest BCUT2D eigenvalue weighted by molar-refractivity contribution is 5.40. The number of benzene rings is 1. The van der Waals surface area contributed by atoms with Gasteiger partial charge < -0.3 is 9.47 Å². The van der Waals surface area contributed by atoms with Crippen molar-refractivity contribution in [2.45, 2.75) is 51.2 Å². The molecule has 2 fully saturated rings. The minimum absolute atomic E-state index is 0.168. The Kier molecular flexibility index (Phi) is 7.11. The first-order valence-electron chi connectivity index (χ1n) is 10.1. The van der Waals surface area contributed by atoms with Crippen LogP contribution in [0, 0.1) is 40.9 Å². The first kappa shape index (κ1) is 19.7. The van der Waals surface area contributed by atoms with Crippen LogP contribution in [0.5, 0.6) is 0 Å². The molecule has 1 aromatic rings. The monoisotopic (exact) mass is 363 g/mol. The summed E-state index contributed by atoms with van der Waals surface area (Å²) in [4.78, 5) is 0. The first-order valence-corrected chi connectivity index (χ1v) is 10.1. The summed E-state index contributed by atoms with van der Waals surface area (Å²) in [5.41, 5.74) is 1.54. The molecule has 0 radical (unpaired) electrons. The fourth-order valence-electron chi connectivity index (χ4n) is 4.30. The molecule has 0 bridgehead atoms. The smallest absolute Gasteiger partial charge is 0.141 e. The fraction of sp³-hybridized carbons (Fsp3) is 0.542. The molecule has 3 rings (SSSR count). The molecule has 1 saturated carbocycles. The lowest BCUT2D eigenvalue weighted by molar-refractivity contribution is -0.138. The number of hydrogen-bond acceptors (Lipinski definition) is 3. The average molecular weight is 364 g/mol. The molecule has 3 unspecified atom stereocenters. The Morgan fingerprint density at radius 2 is 1.81 bits per heavy atom. The van der Waals surface area contributed by atoms with Crippen LogP contribution < -0.4 is 0 Å². The Labute approximate surface area is 163 Å². The van der Waals surface area contributed by atoms with E-state index in [1.807, 2.05) is 12.1 Å². The van der Waals surface area contributed by atoms with Gasteiger partial charge in [-0.3, -0.25) is 0 Å². The molecule has 27 heavy (non-hydrogen) atoms. The summed E-state index contributed by atoms with van der Waals surface area (Å²) >= 11 is 0. The summed E-state index contributed by atoms with van der Waals surface area (Å²) in [6, 6.07) is 9.41. The SMILES string of the molecule is C=CC(CC)C1CCC(C2COC(C#Cc3ccc(C#N)cc3)CO2)CC1. The van der Waals surface area contributed by atoms with E-state index < -0.39 is 0 Å². The number of hydrogen-bond donors (Lipinski definition) is 0. The number of ether oxygens (including phenoxy) is 2. The van der Waals surface area contributed by atoms with Crippen molar-refractivity contribution in [1.82, 2.24) is 0 Å². The third kappa shape index (κ3) is 5.23. The Morgan fingerprint density at radius 3 is 2.37 bits per heavy atom. The van der Waals surface area contributed by atoms with Crippen molar-refractivity contribution in [2.24, 2.45) is 17.8 Å². The van der Waals surface area contributed by atoms with E-state index in [1.54, 1.807) is 12.1 Å². The largest absolute Gasteiger partial charge is 0.372 e. The standard InChI is InChI=1S/C24H29NO2/c1-3-20(4-2)21-10-12-22(13-11-21)24-17-26-23(16-27-24)14-9-18-5-7-19(15-25)8-6-18/h3,5-8,20-24H,1,4,10-13,16-17H2,2H3. The van der Waals surface area contributed by atoms with E-state index in [9.17, 15) is 0 Å². The number of nitriles is 1. The molecule has 1 saturated heterocycles. The van der Waals surface area contributed by atoms with Crippen LogP contribution >= 0.6 is 0 Å². The molecule has 2 aliphatic rings. The van der Waals surface area contributed by atoms with E-state index in [4.69, 9.17) is 14.7 Å². The van der Waals surface area contributed by atoms with E-state index in [2.05, 4.69) is 37.5 Å². The van der Waals surface area contributed by atoms with Crippen molar-refractivity contribution in [3.05, 3.63) is 48.0 Å². The zero-order chi connectivity index (χ0) is 19.1. The van der Waals surface area contributed by atoms with Gasteiger partial charge in [0.15, 0.2) is 0 Å². The molecule has 3 heteroatoms. The van der Waals surface area contributed by atoms with Gasteiger partial charge in [0, 0.05) is 5.56 Å². The molecule has 3 nitrogen and oxygen atoms in total. The number of rotatable bonds is 4. The van der Waals surface area contributed by atoms with Gasteiger partial charge in [-0.2, -0.15) is 5.26 Å². The molecule has 142 valence electrons. The van der Waals surface area contributed by atoms with Crippen LogP contribution in [0.15, 0.2) is 36.9 Å². The Balaban J connectivity index is 1.45. The van der Waals surface area contributed by atoms with Gasteiger partial charge in [-0.05, 0) is 74.1 Å². The maximum Gasteiger partial charge on any atom is 0.141 e. The lowest BCUT2D eigenvalue weighted by atomic mass is 9.73. The van der Waals surface area contributed by atoms with Crippen LogP contribution in [0.4, 0.5) is 0 Å². The van der Waals surface area contributed by atoms with Crippen LogP contribution in [0.25, 0.3) is 0 Å². The van der Waals surface area contributed by atoms with Gasteiger partial charge in [-0.25, -0.2) is 0 Å². The predicted octanol–water partition coefficient (Wildman–Crippen LogP) is 4.71. The van der Waals surface area contributed by atoms with Gasteiger partial charge in [0.1, 0.15) is 6.10 Å². The van der Waals surface area contributed by atoms with E-state index in [-0.39, 0.29) is 12.2 Å². The normalized spacial score (nSPS) is 29.0. The highest BCUT2D eigenvalue weighted by Gasteiger charge is 2.33. The molecule has 1 aliphatic heterocycles. The van der Waals surface area contributed by atoms with E-state index in [1.165, 1.54) is 32.1 Å². The van der Waals surface area contributed by atoms with Crippen molar-refractivity contribution in [3.8, 4) is 17.9 Å². The molecular formula is C24H29NO2. The molecule has 0 N–H and O–H groups in total. The fourth-order valence-corrected chi connectivity index (χ4v) is 4.30. The zero-order valence-electron chi connectivity index (χ0n) is 16.2. The molecule has 0 spiro atoms. The van der Waals surface area contributed by atoms with E-state index >= 15 is 0 Å². The number of allylic oxidation sites excluding steroid dienone is 1. The second-order valence-corrected chi connectivity index (χ2v) is 7.63. The van der Waals surface area contributed by atoms with Gasteiger partial charge in [-0.15, -0.1) is 6.58 Å². The van der Waals surface area contributed by atoms with Gasteiger partial charge in [0.25, 0.3) is 0 Å². The molecule has 1 heterocycles. The molecule has 1 aliphatic carbocycles. The van der Waals surface area contributed by atoms with Crippen molar-refractivity contribution in [2.75, 3.05) is 13.2 Å². The van der Waals surface area contributed by atoms with Crippen LogP contribution in [0.3, 0.4) is 0 Å².